The number of anilines is 2. The van der Waals surface area contributed by atoms with Crippen LogP contribution in [0, 0.1) is 5.92 Å². The molecule has 0 saturated carbocycles. The van der Waals surface area contributed by atoms with Gasteiger partial charge >= 0.3 is 0 Å². The van der Waals surface area contributed by atoms with Gasteiger partial charge < -0.3 is 15.0 Å². The van der Waals surface area contributed by atoms with E-state index in [0.29, 0.717) is 22.4 Å². The van der Waals surface area contributed by atoms with Crippen molar-refractivity contribution in [2.75, 3.05) is 23.9 Å². The van der Waals surface area contributed by atoms with Crippen LogP contribution in [0.3, 0.4) is 0 Å². The summed E-state index contributed by atoms with van der Waals surface area (Å²) in [5.41, 5.74) is 2.41. The maximum Gasteiger partial charge on any atom is 0.231 e. The lowest BCUT2D eigenvalue weighted by Gasteiger charge is -2.16. The first-order chi connectivity index (χ1) is 14.0. The summed E-state index contributed by atoms with van der Waals surface area (Å²) in [5, 5.41) is 5.79. The standard InChI is InChI=1S/C21H18ClN3O3S/c1-28-17-7-5-13(6-8-17)18-12-29-21(23-18)24-20(27)14-9-19(26)25(11-14)16-4-2-3-15(22)10-16/h2-8,10,12,14H,9,11H2,1H3,(H,23,24,27)/t14-/m0/s1. The Morgan fingerprint density at radius 2 is 2.07 bits per heavy atom. The summed E-state index contributed by atoms with van der Waals surface area (Å²) in [6.07, 6.45) is 0.162. The maximum atomic E-state index is 12.7. The molecule has 6 nitrogen and oxygen atoms in total. The number of nitrogens with one attached hydrogen (secondary N) is 1. The van der Waals surface area contributed by atoms with Gasteiger partial charge in [0.05, 0.1) is 18.7 Å². The number of amides is 2. The highest BCUT2D eigenvalue weighted by molar-refractivity contribution is 7.14. The van der Waals surface area contributed by atoms with Crippen LogP contribution < -0.4 is 15.0 Å². The zero-order valence-corrected chi connectivity index (χ0v) is 17.2. The minimum atomic E-state index is -0.435. The molecule has 1 N–H and O–H groups in total. The second-order valence-corrected chi connectivity index (χ2v) is 7.94. The number of benzene rings is 2. The molecule has 1 aliphatic heterocycles. The normalized spacial score (nSPS) is 16.1. The quantitative estimate of drug-likeness (QED) is 0.652. The third-order valence-electron chi connectivity index (χ3n) is 4.74. The molecule has 1 saturated heterocycles. The molecule has 1 aliphatic rings. The van der Waals surface area contributed by atoms with E-state index in [0.717, 1.165) is 17.0 Å². The second-order valence-electron chi connectivity index (χ2n) is 6.64. The van der Waals surface area contributed by atoms with Crippen LogP contribution in [0.2, 0.25) is 5.02 Å². The van der Waals surface area contributed by atoms with E-state index in [1.807, 2.05) is 35.7 Å². The molecular formula is C21H18ClN3O3S. The van der Waals surface area contributed by atoms with Crippen LogP contribution in [0.5, 0.6) is 5.75 Å². The Bertz CT molecular complexity index is 1050. The smallest absolute Gasteiger partial charge is 0.231 e. The van der Waals surface area contributed by atoms with Crippen LogP contribution in [-0.4, -0.2) is 30.5 Å². The van der Waals surface area contributed by atoms with E-state index in [1.54, 1.807) is 30.2 Å². The highest BCUT2D eigenvalue weighted by Gasteiger charge is 2.35. The zero-order valence-electron chi connectivity index (χ0n) is 15.6. The van der Waals surface area contributed by atoms with Crippen molar-refractivity contribution in [3.8, 4) is 17.0 Å². The van der Waals surface area contributed by atoms with E-state index in [-0.39, 0.29) is 18.2 Å². The highest BCUT2D eigenvalue weighted by Crippen LogP contribution is 2.30. The number of ether oxygens (including phenoxy) is 1. The molecule has 1 atom stereocenters. The van der Waals surface area contributed by atoms with Gasteiger partial charge in [-0.1, -0.05) is 17.7 Å². The number of rotatable bonds is 5. The van der Waals surface area contributed by atoms with Crippen LogP contribution in [-0.2, 0) is 9.59 Å². The fourth-order valence-electron chi connectivity index (χ4n) is 3.21. The number of methoxy groups -OCH3 is 1. The predicted molar refractivity (Wildman–Crippen MR) is 115 cm³/mol. The van der Waals surface area contributed by atoms with Crippen molar-refractivity contribution in [1.82, 2.24) is 4.98 Å². The topological polar surface area (TPSA) is 71.5 Å². The summed E-state index contributed by atoms with van der Waals surface area (Å²) in [6.45, 7) is 0.321. The highest BCUT2D eigenvalue weighted by atomic mass is 35.5. The third kappa shape index (κ3) is 4.26. The van der Waals surface area contributed by atoms with Crippen molar-refractivity contribution in [3.05, 3.63) is 58.9 Å². The van der Waals surface area contributed by atoms with Crippen molar-refractivity contribution in [1.29, 1.82) is 0 Å². The fourth-order valence-corrected chi connectivity index (χ4v) is 4.12. The molecule has 1 fully saturated rings. The van der Waals surface area contributed by atoms with Gasteiger partial charge in [-0.05, 0) is 42.5 Å². The Labute approximate surface area is 177 Å². The molecule has 2 amide bonds. The first kappa shape index (κ1) is 19.4. The lowest BCUT2D eigenvalue weighted by atomic mass is 10.1. The van der Waals surface area contributed by atoms with Gasteiger partial charge in [-0.3, -0.25) is 9.59 Å². The first-order valence-corrected chi connectivity index (χ1v) is 10.3. The number of carbonyl (C=O) groups excluding carboxylic acids is 2. The monoisotopic (exact) mass is 427 g/mol. The van der Waals surface area contributed by atoms with Gasteiger partial charge in [0, 0.05) is 34.6 Å². The van der Waals surface area contributed by atoms with E-state index in [4.69, 9.17) is 16.3 Å². The maximum absolute atomic E-state index is 12.7. The molecule has 0 radical (unpaired) electrons. The van der Waals surface area contributed by atoms with Gasteiger partial charge in [-0.25, -0.2) is 4.98 Å². The van der Waals surface area contributed by atoms with Crippen molar-refractivity contribution >= 4 is 45.6 Å². The van der Waals surface area contributed by atoms with Crippen molar-refractivity contribution in [3.63, 3.8) is 0 Å². The summed E-state index contributed by atoms with van der Waals surface area (Å²) in [4.78, 5) is 31.1. The summed E-state index contributed by atoms with van der Waals surface area (Å²) in [7, 11) is 1.62. The van der Waals surface area contributed by atoms with E-state index in [1.165, 1.54) is 11.3 Å². The molecule has 148 valence electrons. The van der Waals surface area contributed by atoms with Gasteiger partial charge in [0.1, 0.15) is 5.75 Å². The molecule has 0 unspecified atom stereocenters. The summed E-state index contributed by atoms with van der Waals surface area (Å²) in [6, 6.07) is 14.6. The molecular weight excluding hydrogens is 410 g/mol. The van der Waals surface area contributed by atoms with Gasteiger partial charge in [0.2, 0.25) is 11.8 Å². The Morgan fingerprint density at radius 1 is 1.28 bits per heavy atom. The summed E-state index contributed by atoms with van der Waals surface area (Å²) in [5.74, 6) is 0.0338. The molecule has 1 aromatic heterocycles. The minimum absolute atomic E-state index is 0.0922. The molecule has 2 heterocycles. The summed E-state index contributed by atoms with van der Waals surface area (Å²) >= 11 is 7.37. The lowest BCUT2D eigenvalue weighted by molar-refractivity contribution is -0.122. The lowest BCUT2D eigenvalue weighted by Crippen LogP contribution is -2.28. The van der Waals surface area contributed by atoms with Crippen LogP contribution in [0.1, 0.15) is 6.42 Å². The van der Waals surface area contributed by atoms with Gasteiger partial charge in [-0.15, -0.1) is 11.3 Å². The second kappa shape index (κ2) is 8.23. The molecule has 29 heavy (non-hydrogen) atoms. The zero-order chi connectivity index (χ0) is 20.4. The molecule has 4 rings (SSSR count). The van der Waals surface area contributed by atoms with E-state index < -0.39 is 5.92 Å². The number of thiazole rings is 1. The Morgan fingerprint density at radius 3 is 2.79 bits per heavy atom. The SMILES string of the molecule is COc1ccc(-c2csc(NC(=O)[C@H]3CC(=O)N(c4cccc(Cl)c4)C3)n2)cc1. The van der Waals surface area contributed by atoms with Crippen LogP contribution >= 0.6 is 22.9 Å². The van der Waals surface area contributed by atoms with E-state index in [9.17, 15) is 9.59 Å². The van der Waals surface area contributed by atoms with Gasteiger partial charge in [0.25, 0.3) is 0 Å². The Kier molecular flexibility index (Phi) is 5.51. The van der Waals surface area contributed by atoms with Crippen molar-refractivity contribution < 1.29 is 14.3 Å². The molecule has 3 aromatic rings. The average Bonchev–Trinajstić information content (AvgIpc) is 3.35. The van der Waals surface area contributed by atoms with Gasteiger partial charge in [0.15, 0.2) is 5.13 Å². The number of halogens is 1. The average molecular weight is 428 g/mol. The third-order valence-corrected chi connectivity index (χ3v) is 5.73. The van der Waals surface area contributed by atoms with Crippen LogP contribution in [0.25, 0.3) is 11.3 Å². The number of hydrogen-bond acceptors (Lipinski definition) is 5. The largest absolute Gasteiger partial charge is 0.497 e. The first-order valence-electron chi connectivity index (χ1n) is 9.00. The Hall–Kier alpha value is -2.90. The molecule has 0 bridgehead atoms. The van der Waals surface area contributed by atoms with Crippen LogP contribution in [0.15, 0.2) is 53.9 Å². The molecule has 0 aliphatic carbocycles. The minimum Gasteiger partial charge on any atom is -0.497 e. The number of nitrogens with zero attached hydrogens (tertiary/aromatic N) is 2. The molecule has 0 spiro atoms. The number of aromatic nitrogens is 1. The molecule has 8 heteroatoms. The van der Waals surface area contributed by atoms with Gasteiger partial charge in [-0.2, -0.15) is 0 Å². The van der Waals surface area contributed by atoms with E-state index in [2.05, 4.69) is 10.3 Å². The Balaban J connectivity index is 1.42. The number of carbonyl (C=O) groups is 2. The van der Waals surface area contributed by atoms with E-state index >= 15 is 0 Å². The predicted octanol–water partition coefficient (Wildman–Crippen LogP) is 4.46. The van der Waals surface area contributed by atoms with Crippen molar-refractivity contribution in [2.45, 2.75) is 6.42 Å². The summed E-state index contributed by atoms with van der Waals surface area (Å²) < 4.78 is 5.16. The number of hydrogen-bond donors (Lipinski definition) is 1. The molecule has 2 aromatic carbocycles. The fraction of sp³-hybridized carbons (Fsp3) is 0.190. The van der Waals surface area contributed by atoms with Crippen LogP contribution in [0.4, 0.5) is 10.8 Å². The van der Waals surface area contributed by atoms with Crippen molar-refractivity contribution in [2.24, 2.45) is 5.92 Å².